The summed E-state index contributed by atoms with van der Waals surface area (Å²) in [5.74, 6) is 0.507. The molecule has 2 atom stereocenters. The number of benzene rings is 1. The summed E-state index contributed by atoms with van der Waals surface area (Å²) in [4.78, 5) is 4.60. The fourth-order valence-corrected chi connectivity index (χ4v) is 3.04. The Hall–Kier alpha value is -1.67. The average molecular weight is 282 g/mol. The third kappa shape index (κ3) is 3.92. The molecule has 1 aromatic heterocycles. The highest BCUT2D eigenvalue weighted by Gasteiger charge is 2.14. The zero-order chi connectivity index (χ0) is 15.4. The highest BCUT2D eigenvalue weighted by Crippen LogP contribution is 2.22. The maximum Gasteiger partial charge on any atom is 0.0426 e. The van der Waals surface area contributed by atoms with Gasteiger partial charge in [0.05, 0.1) is 0 Å². The van der Waals surface area contributed by atoms with Crippen LogP contribution in [0, 0.1) is 20.8 Å². The first-order chi connectivity index (χ1) is 9.99. The quantitative estimate of drug-likeness (QED) is 0.875. The number of aryl methyl sites for hydroxylation is 3. The number of aromatic nitrogens is 1. The minimum Gasteiger partial charge on any atom is -0.310 e. The van der Waals surface area contributed by atoms with Crippen LogP contribution in [0.3, 0.4) is 0 Å². The molecule has 0 fully saturated rings. The van der Waals surface area contributed by atoms with Gasteiger partial charge in [0.1, 0.15) is 0 Å². The van der Waals surface area contributed by atoms with E-state index in [2.05, 4.69) is 81.3 Å². The second-order valence-corrected chi connectivity index (χ2v) is 6.02. The molecule has 1 heterocycles. The van der Waals surface area contributed by atoms with Crippen molar-refractivity contribution in [2.24, 2.45) is 0 Å². The standard InChI is InChI=1S/C19H26N2/c1-13-11-15(3)21-17(5)19(13)16(4)20-12-14(2)18-9-7-6-8-10-18/h6-11,14,16,20H,12H2,1-5H3. The molecule has 21 heavy (non-hydrogen) atoms. The van der Waals surface area contributed by atoms with Crippen LogP contribution in [0.2, 0.25) is 0 Å². The van der Waals surface area contributed by atoms with Gasteiger partial charge in [-0.3, -0.25) is 4.98 Å². The zero-order valence-electron chi connectivity index (χ0n) is 13.8. The van der Waals surface area contributed by atoms with Gasteiger partial charge in [0, 0.05) is 24.0 Å². The molecule has 0 radical (unpaired) electrons. The Kier molecular flexibility index (Phi) is 5.13. The van der Waals surface area contributed by atoms with Crippen LogP contribution in [0.15, 0.2) is 36.4 Å². The lowest BCUT2D eigenvalue weighted by molar-refractivity contribution is 0.532. The van der Waals surface area contributed by atoms with Gasteiger partial charge in [-0.1, -0.05) is 37.3 Å². The predicted octanol–water partition coefficient (Wildman–Crippen LogP) is 4.46. The second-order valence-electron chi connectivity index (χ2n) is 6.02. The third-order valence-electron chi connectivity index (χ3n) is 4.12. The van der Waals surface area contributed by atoms with Gasteiger partial charge in [-0.05, 0) is 56.4 Å². The van der Waals surface area contributed by atoms with Crippen molar-refractivity contribution in [2.75, 3.05) is 6.54 Å². The van der Waals surface area contributed by atoms with Crippen LogP contribution >= 0.6 is 0 Å². The average Bonchev–Trinajstić information content (AvgIpc) is 2.44. The van der Waals surface area contributed by atoms with Gasteiger partial charge in [0.25, 0.3) is 0 Å². The Balaban J connectivity index is 2.04. The fraction of sp³-hybridized carbons (Fsp3) is 0.421. The summed E-state index contributed by atoms with van der Waals surface area (Å²) in [7, 11) is 0. The molecule has 1 N–H and O–H groups in total. The van der Waals surface area contributed by atoms with Crippen molar-refractivity contribution in [3.05, 3.63) is 64.5 Å². The Morgan fingerprint density at radius 3 is 2.33 bits per heavy atom. The van der Waals surface area contributed by atoms with E-state index in [1.807, 2.05) is 0 Å². The summed E-state index contributed by atoms with van der Waals surface area (Å²) in [6.07, 6.45) is 0. The highest BCUT2D eigenvalue weighted by molar-refractivity contribution is 5.33. The van der Waals surface area contributed by atoms with E-state index >= 15 is 0 Å². The van der Waals surface area contributed by atoms with Crippen LogP contribution in [0.4, 0.5) is 0 Å². The topological polar surface area (TPSA) is 24.9 Å². The summed E-state index contributed by atoms with van der Waals surface area (Å²) >= 11 is 0. The van der Waals surface area contributed by atoms with E-state index < -0.39 is 0 Å². The summed E-state index contributed by atoms with van der Waals surface area (Å²) < 4.78 is 0. The van der Waals surface area contributed by atoms with E-state index in [1.54, 1.807) is 0 Å². The van der Waals surface area contributed by atoms with Gasteiger partial charge in [-0.15, -0.1) is 0 Å². The van der Waals surface area contributed by atoms with Gasteiger partial charge in [0.2, 0.25) is 0 Å². The maximum atomic E-state index is 4.60. The Morgan fingerprint density at radius 1 is 1.05 bits per heavy atom. The Bertz CT molecular complexity index is 567. The summed E-state index contributed by atoms with van der Waals surface area (Å²) in [6, 6.07) is 13.2. The van der Waals surface area contributed by atoms with Gasteiger partial charge in [0.15, 0.2) is 0 Å². The molecule has 0 aliphatic rings. The molecule has 2 unspecified atom stereocenters. The first-order valence-corrected chi connectivity index (χ1v) is 7.72. The monoisotopic (exact) mass is 282 g/mol. The molecule has 0 spiro atoms. The van der Waals surface area contributed by atoms with E-state index in [9.17, 15) is 0 Å². The molecule has 112 valence electrons. The maximum absolute atomic E-state index is 4.60. The van der Waals surface area contributed by atoms with E-state index in [1.165, 1.54) is 16.7 Å². The molecule has 0 saturated carbocycles. The van der Waals surface area contributed by atoms with E-state index in [0.717, 1.165) is 17.9 Å². The minimum atomic E-state index is 0.323. The van der Waals surface area contributed by atoms with Crippen LogP contribution in [0.1, 0.15) is 53.9 Å². The van der Waals surface area contributed by atoms with Crippen LogP contribution in [-0.4, -0.2) is 11.5 Å². The van der Waals surface area contributed by atoms with Gasteiger partial charge < -0.3 is 5.32 Å². The molecular weight excluding hydrogens is 256 g/mol. The summed E-state index contributed by atoms with van der Waals surface area (Å²) in [5.41, 5.74) is 6.28. The molecule has 2 nitrogen and oxygen atoms in total. The first kappa shape index (κ1) is 15.7. The van der Waals surface area contributed by atoms with E-state index in [4.69, 9.17) is 0 Å². The molecule has 0 bridgehead atoms. The van der Waals surface area contributed by atoms with Crippen LogP contribution in [-0.2, 0) is 0 Å². The lowest BCUT2D eigenvalue weighted by Crippen LogP contribution is -2.25. The largest absolute Gasteiger partial charge is 0.310 e. The van der Waals surface area contributed by atoms with Crippen molar-refractivity contribution >= 4 is 0 Å². The van der Waals surface area contributed by atoms with Gasteiger partial charge in [-0.2, -0.15) is 0 Å². The minimum absolute atomic E-state index is 0.323. The smallest absolute Gasteiger partial charge is 0.0426 e. The molecule has 1 aromatic carbocycles. The Morgan fingerprint density at radius 2 is 1.71 bits per heavy atom. The van der Waals surface area contributed by atoms with Crippen molar-refractivity contribution < 1.29 is 0 Å². The molecule has 0 saturated heterocycles. The molecule has 0 amide bonds. The van der Waals surface area contributed by atoms with Crippen molar-refractivity contribution in [2.45, 2.75) is 46.6 Å². The lowest BCUT2D eigenvalue weighted by atomic mass is 9.98. The van der Waals surface area contributed by atoms with Crippen molar-refractivity contribution in [3.63, 3.8) is 0 Å². The van der Waals surface area contributed by atoms with Crippen LogP contribution < -0.4 is 5.32 Å². The van der Waals surface area contributed by atoms with Crippen molar-refractivity contribution in [3.8, 4) is 0 Å². The predicted molar refractivity (Wildman–Crippen MR) is 89.7 cm³/mol. The molecule has 2 aromatic rings. The second kappa shape index (κ2) is 6.86. The van der Waals surface area contributed by atoms with Gasteiger partial charge in [-0.25, -0.2) is 0 Å². The Labute approximate surface area is 128 Å². The van der Waals surface area contributed by atoms with Crippen LogP contribution in [0.5, 0.6) is 0 Å². The number of nitrogens with zero attached hydrogens (tertiary/aromatic N) is 1. The summed E-state index contributed by atoms with van der Waals surface area (Å²) in [6.45, 7) is 11.8. The molecular formula is C19H26N2. The van der Waals surface area contributed by atoms with Crippen molar-refractivity contribution in [1.29, 1.82) is 0 Å². The lowest BCUT2D eigenvalue weighted by Gasteiger charge is -2.21. The molecule has 0 aliphatic carbocycles. The number of hydrogen-bond donors (Lipinski definition) is 1. The fourth-order valence-electron chi connectivity index (χ4n) is 3.04. The third-order valence-corrected chi connectivity index (χ3v) is 4.12. The molecule has 2 rings (SSSR count). The SMILES string of the molecule is Cc1cc(C)c(C(C)NCC(C)c2ccccc2)c(C)n1. The normalized spacial score (nSPS) is 14.0. The first-order valence-electron chi connectivity index (χ1n) is 7.72. The number of pyridine rings is 1. The zero-order valence-corrected chi connectivity index (χ0v) is 13.8. The van der Waals surface area contributed by atoms with Crippen molar-refractivity contribution in [1.82, 2.24) is 10.3 Å². The van der Waals surface area contributed by atoms with Gasteiger partial charge >= 0.3 is 0 Å². The number of nitrogens with one attached hydrogen (secondary N) is 1. The number of rotatable bonds is 5. The highest BCUT2D eigenvalue weighted by atomic mass is 14.9. The number of hydrogen-bond acceptors (Lipinski definition) is 2. The molecule has 0 aliphatic heterocycles. The summed E-state index contributed by atoms with van der Waals surface area (Å²) in [5, 5.41) is 3.66. The van der Waals surface area contributed by atoms with Crippen LogP contribution in [0.25, 0.3) is 0 Å². The van der Waals surface area contributed by atoms with E-state index in [0.29, 0.717) is 12.0 Å². The molecule has 2 heteroatoms. The van der Waals surface area contributed by atoms with E-state index in [-0.39, 0.29) is 0 Å².